The predicted molar refractivity (Wildman–Crippen MR) is 22.3 cm³/mol. The van der Waals surface area contributed by atoms with Gasteiger partial charge in [0.05, 0.1) is 0 Å². The van der Waals surface area contributed by atoms with Crippen molar-refractivity contribution in [1.82, 2.24) is 10.2 Å². The van der Waals surface area contributed by atoms with Crippen LogP contribution in [-0.2, 0) is 0 Å². The number of aromatic nitrogens is 2. The minimum atomic E-state index is -0.333. The molecule has 2 nitrogen and oxygen atoms in total. The van der Waals surface area contributed by atoms with Crippen LogP contribution in [0.1, 0.15) is 5.69 Å². The summed E-state index contributed by atoms with van der Waals surface area (Å²) >= 11 is 0. The van der Waals surface area contributed by atoms with Gasteiger partial charge in [-0.05, 0) is 6.92 Å². The van der Waals surface area contributed by atoms with E-state index in [9.17, 15) is 4.39 Å². The third-order valence-corrected chi connectivity index (χ3v) is 0.724. The summed E-state index contributed by atoms with van der Waals surface area (Å²) in [5.41, 5.74) is 0.361. The average Bonchev–Trinajstić information content (AvgIpc) is 1.91. The molecule has 1 aromatic heterocycles. The Hall–Kier alpha value is 0.776. The molecule has 0 aliphatic rings. The first-order chi connectivity index (χ1) is 3.30. The summed E-state index contributed by atoms with van der Waals surface area (Å²) in [6.45, 7) is 1.57. The summed E-state index contributed by atoms with van der Waals surface area (Å²) in [6.07, 6.45) is 1.09. The summed E-state index contributed by atoms with van der Waals surface area (Å²) in [7, 11) is 0. The summed E-state index contributed by atoms with van der Waals surface area (Å²) in [5.74, 6) is -0.333. The molecule has 0 radical (unpaired) electrons. The minimum Gasteiger partial charge on any atom is -0.579 e. The van der Waals surface area contributed by atoms with Gasteiger partial charge in [0.2, 0.25) is 0 Å². The third kappa shape index (κ3) is 1.95. The van der Waals surface area contributed by atoms with Crippen molar-refractivity contribution in [3.05, 3.63) is 17.7 Å². The van der Waals surface area contributed by atoms with Gasteiger partial charge in [-0.2, -0.15) is 0 Å². The first kappa shape index (κ1) is 8.78. The summed E-state index contributed by atoms with van der Waals surface area (Å²) in [6, 6.07) is 0. The van der Waals surface area contributed by atoms with E-state index in [1.807, 2.05) is 0 Å². The van der Waals surface area contributed by atoms with E-state index < -0.39 is 0 Å². The van der Waals surface area contributed by atoms with Gasteiger partial charge in [-0.3, -0.25) is 0 Å². The van der Waals surface area contributed by atoms with Gasteiger partial charge in [0.1, 0.15) is 5.82 Å². The molecular formula is C4H4FKN2. The van der Waals surface area contributed by atoms with E-state index in [2.05, 4.69) is 10.2 Å². The van der Waals surface area contributed by atoms with Crippen molar-refractivity contribution in [2.75, 3.05) is 0 Å². The minimum absolute atomic E-state index is 0. The molecule has 0 bridgehead atoms. The Kier molecular flexibility index (Phi) is 4.10. The van der Waals surface area contributed by atoms with Crippen LogP contribution in [0, 0.1) is 12.7 Å². The van der Waals surface area contributed by atoms with Crippen molar-refractivity contribution in [2.45, 2.75) is 6.92 Å². The van der Waals surface area contributed by atoms with Gasteiger partial charge in [-0.1, -0.05) is 0 Å². The van der Waals surface area contributed by atoms with Gasteiger partial charge in [-0.25, -0.2) is 4.39 Å². The molecule has 0 unspecified atom stereocenters. The number of rotatable bonds is 0. The van der Waals surface area contributed by atoms with Crippen molar-refractivity contribution in [1.29, 1.82) is 0 Å². The van der Waals surface area contributed by atoms with Crippen LogP contribution >= 0.6 is 0 Å². The third-order valence-electron chi connectivity index (χ3n) is 0.724. The zero-order chi connectivity index (χ0) is 5.28. The molecule has 38 valence electrons. The SMILES string of the molecule is Cc1n[n-]cc1F.[K+]. The van der Waals surface area contributed by atoms with E-state index in [0.29, 0.717) is 5.69 Å². The molecule has 1 heterocycles. The molecule has 0 aliphatic carbocycles. The van der Waals surface area contributed by atoms with Gasteiger partial charge < -0.3 is 10.2 Å². The second-order valence-electron chi connectivity index (χ2n) is 1.28. The molecule has 0 spiro atoms. The van der Waals surface area contributed by atoms with Crippen molar-refractivity contribution < 1.29 is 55.8 Å². The monoisotopic (exact) mass is 138 g/mol. The maximum Gasteiger partial charge on any atom is 1.00 e. The molecule has 4 heteroatoms. The Bertz CT molecular complexity index is 146. The predicted octanol–water partition coefficient (Wildman–Crippen LogP) is -2.51. The largest absolute Gasteiger partial charge is 1.00 e. The normalized spacial score (nSPS) is 8.25. The van der Waals surface area contributed by atoms with Crippen molar-refractivity contribution in [3.63, 3.8) is 0 Å². The van der Waals surface area contributed by atoms with E-state index in [4.69, 9.17) is 0 Å². The van der Waals surface area contributed by atoms with Gasteiger partial charge in [-0.15, -0.1) is 6.20 Å². The van der Waals surface area contributed by atoms with Crippen LogP contribution in [0.3, 0.4) is 0 Å². The van der Waals surface area contributed by atoms with Gasteiger partial charge in [0, 0.05) is 5.69 Å². The second kappa shape index (κ2) is 3.74. The summed E-state index contributed by atoms with van der Waals surface area (Å²) in [5, 5.41) is 6.69. The Morgan fingerprint density at radius 2 is 2.38 bits per heavy atom. The first-order valence-electron chi connectivity index (χ1n) is 1.91. The standard InChI is InChI=1S/C4H4FN2.K/c1-3-4(5)2-6-7-3;/h2H,1H3;/q-1;+1. The summed E-state index contributed by atoms with van der Waals surface area (Å²) in [4.78, 5) is 0. The maximum absolute atomic E-state index is 12.0. The molecule has 0 fully saturated rings. The van der Waals surface area contributed by atoms with E-state index in [1.54, 1.807) is 6.92 Å². The smallest absolute Gasteiger partial charge is 0.579 e. The van der Waals surface area contributed by atoms with Crippen LogP contribution in [0.15, 0.2) is 6.20 Å². The Morgan fingerprint density at radius 1 is 1.75 bits per heavy atom. The average molecular weight is 138 g/mol. The topological polar surface area (TPSA) is 27.0 Å². The molecule has 0 aromatic carbocycles. The van der Waals surface area contributed by atoms with Crippen molar-refractivity contribution in [3.8, 4) is 0 Å². The van der Waals surface area contributed by atoms with E-state index >= 15 is 0 Å². The molecule has 8 heavy (non-hydrogen) atoms. The molecule has 1 rings (SSSR count). The molecule has 1 aromatic rings. The molecule has 0 amide bonds. The van der Waals surface area contributed by atoms with E-state index in [1.165, 1.54) is 0 Å². The zero-order valence-electron chi connectivity index (χ0n) is 4.85. The van der Waals surface area contributed by atoms with Crippen LogP contribution in [0.2, 0.25) is 0 Å². The molecule has 0 saturated carbocycles. The molecule has 0 aliphatic heterocycles. The molecular weight excluding hydrogens is 134 g/mol. The van der Waals surface area contributed by atoms with Gasteiger partial charge in [0.15, 0.2) is 0 Å². The Morgan fingerprint density at radius 3 is 2.50 bits per heavy atom. The maximum atomic E-state index is 12.0. The van der Waals surface area contributed by atoms with Gasteiger partial charge >= 0.3 is 51.4 Å². The number of hydrogen-bond donors (Lipinski definition) is 0. The number of halogens is 1. The van der Waals surface area contributed by atoms with E-state index in [-0.39, 0.29) is 57.2 Å². The van der Waals surface area contributed by atoms with Crippen molar-refractivity contribution >= 4 is 0 Å². The molecule has 0 N–H and O–H groups in total. The zero-order valence-corrected chi connectivity index (χ0v) is 7.97. The number of nitrogens with zero attached hydrogens (tertiary/aromatic N) is 2. The van der Waals surface area contributed by atoms with Crippen LogP contribution in [0.5, 0.6) is 0 Å². The Labute approximate surface area is 89.3 Å². The van der Waals surface area contributed by atoms with E-state index in [0.717, 1.165) is 6.20 Å². The van der Waals surface area contributed by atoms with Crippen molar-refractivity contribution in [2.24, 2.45) is 0 Å². The van der Waals surface area contributed by atoms with Crippen LogP contribution in [0.25, 0.3) is 0 Å². The quantitative estimate of drug-likeness (QED) is 0.370. The Balaban J connectivity index is 0.000000490. The van der Waals surface area contributed by atoms with Crippen LogP contribution in [-0.4, -0.2) is 5.10 Å². The van der Waals surface area contributed by atoms with Crippen LogP contribution < -0.4 is 56.5 Å². The second-order valence-corrected chi connectivity index (χ2v) is 1.28. The van der Waals surface area contributed by atoms with Crippen LogP contribution in [0.4, 0.5) is 4.39 Å². The number of aryl methyl sites for hydroxylation is 1. The molecule has 0 atom stereocenters. The number of hydrogen-bond acceptors (Lipinski definition) is 1. The first-order valence-corrected chi connectivity index (χ1v) is 1.91. The van der Waals surface area contributed by atoms with Gasteiger partial charge in [0.25, 0.3) is 0 Å². The summed E-state index contributed by atoms with van der Waals surface area (Å²) < 4.78 is 12.0. The fourth-order valence-electron chi connectivity index (χ4n) is 0.307. The molecule has 0 saturated heterocycles. The fraction of sp³-hybridized carbons (Fsp3) is 0.250. The fourth-order valence-corrected chi connectivity index (χ4v) is 0.307.